The van der Waals surface area contributed by atoms with E-state index in [1.54, 1.807) is 0 Å². The fraction of sp³-hybridized carbons (Fsp3) is 0. The molecule has 0 saturated heterocycles. The van der Waals surface area contributed by atoms with E-state index in [1.807, 2.05) is 18.2 Å². The number of hydrogen-bond acceptors (Lipinski definition) is 2. The molecule has 0 bridgehead atoms. The van der Waals surface area contributed by atoms with Gasteiger partial charge in [0, 0.05) is 21.9 Å². The van der Waals surface area contributed by atoms with Crippen molar-refractivity contribution in [1.82, 2.24) is 0 Å². The number of thiol groups is 2. The lowest BCUT2D eigenvalue weighted by Gasteiger charge is -1.92. The number of quaternary nitrogens is 1. The summed E-state index contributed by atoms with van der Waals surface area (Å²) < 4.78 is 0. The molecule has 3 N–H and O–H groups in total. The molecule has 9 heavy (non-hydrogen) atoms. The van der Waals surface area contributed by atoms with Gasteiger partial charge in [0.05, 0.1) is 0 Å². The average molecular weight is 158 g/mol. The van der Waals surface area contributed by atoms with Crippen LogP contribution in [0.3, 0.4) is 0 Å². The maximum atomic E-state index is 4.13. The highest BCUT2D eigenvalue weighted by Crippen LogP contribution is 2.15. The molecule has 1 aromatic carbocycles. The molecule has 0 spiro atoms. The van der Waals surface area contributed by atoms with Gasteiger partial charge in [0.1, 0.15) is 5.69 Å². The third kappa shape index (κ3) is 1.93. The quantitative estimate of drug-likeness (QED) is 0.472. The summed E-state index contributed by atoms with van der Waals surface area (Å²) in [6, 6.07) is 5.66. The van der Waals surface area contributed by atoms with E-state index in [0.29, 0.717) is 0 Å². The minimum atomic E-state index is 0.910. The van der Waals surface area contributed by atoms with Gasteiger partial charge in [0.25, 0.3) is 0 Å². The van der Waals surface area contributed by atoms with Crippen LogP contribution >= 0.6 is 25.3 Å². The first-order valence-electron chi connectivity index (χ1n) is 2.53. The van der Waals surface area contributed by atoms with E-state index in [-0.39, 0.29) is 0 Å². The highest BCUT2D eigenvalue weighted by molar-refractivity contribution is 7.81. The first-order valence-corrected chi connectivity index (χ1v) is 3.43. The van der Waals surface area contributed by atoms with Crippen LogP contribution in [0.15, 0.2) is 28.0 Å². The lowest BCUT2D eigenvalue weighted by molar-refractivity contribution is -0.255. The zero-order chi connectivity index (χ0) is 6.85. The molecule has 1 nitrogen and oxygen atoms in total. The molecule has 3 heteroatoms. The summed E-state index contributed by atoms with van der Waals surface area (Å²) in [5.41, 5.74) is 4.70. The second-order valence-electron chi connectivity index (χ2n) is 1.86. The predicted octanol–water partition coefficient (Wildman–Crippen LogP) is 1.14. The molecule has 0 heterocycles. The Balaban J connectivity index is 3.17. The van der Waals surface area contributed by atoms with Gasteiger partial charge in [-0.25, -0.2) is 0 Å². The van der Waals surface area contributed by atoms with Crippen LogP contribution in [0.5, 0.6) is 0 Å². The van der Waals surface area contributed by atoms with E-state index in [1.165, 1.54) is 0 Å². The van der Waals surface area contributed by atoms with Crippen LogP contribution in [0.2, 0.25) is 0 Å². The zero-order valence-corrected chi connectivity index (χ0v) is 6.62. The van der Waals surface area contributed by atoms with Crippen molar-refractivity contribution in [2.45, 2.75) is 9.79 Å². The van der Waals surface area contributed by atoms with Gasteiger partial charge >= 0.3 is 0 Å². The monoisotopic (exact) mass is 158 g/mol. The van der Waals surface area contributed by atoms with Crippen LogP contribution < -0.4 is 5.73 Å². The van der Waals surface area contributed by atoms with Crippen molar-refractivity contribution in [3.05, 3.63) is 18.2 Å². The molecule has 0 amide bonds. The second kappa shape index (κ2) is 2.64. The summed E-state index contributed by atoms with van der Waals surface area (Å²) >= 11 is 8.27. The molecule has 0 aromatic heterocycles. The molecule has 0 radical (unpaired) electrons. The van der Waals surface area contributed by atoms with Crippen molar-refractivity contribution in [2.75, 3.05) is 0 Å². The fourth-order valence-corrected chi connectivity index (χ4v) is 1.37. The van der Waals surface area contributed by atoms with Crippen molar-refractivity contribution < 1.29 is 5.73 Å². The lowest BCUT2D eigenvalue weighted by Crippen LogP contribution is -2.40. The highest BCUT2D eigenvalue weighted by atomic mass is 32.1. The molecule has 0 unspecified atom stereocenters. The second-order valence-corrected chi connectivity index (χ2v) is 2.89. The van der Waals surface area contributed by atoms with Gasteiger partial charge in [-0.3, -0.25) is 0 Å². The summed E-state index contributed by atoms with van der Waals surface area (Å²) in [4.78, 5) is 1.82. The summed E-state index contributed by atoms with van der Waals surface area (Å²) in [6.45, 7) is 0. The van der Waals surface area contributed by atoms with Crippen molar-refractivity contribution in [3.63, 3.8) is 0 Å². The molecule has 1 aromatic rings. The van der Waals surface area contributed by atoms with Gasteiger partial charge in [-0.15, -0.1) is 25.3 Å². The van der Waals surface area contributed by atoms with Crippen LogP contribution in [-0.4, -0.2) is 0 Å². The summed E-state index contributed by atoms with van der Waals surface area (Å²) in [5.74, 6) is 0. The van der Waals surface area contributed by atoms with Crippen molar-refractivity contribution >= 4 is 30.9 Å². The third-order valence-electron chi connectivity index (χ3n) is 0.962. The van der Waals surface area contributed by atoms with Gasteiger partial charge < -0.3 is 5.73 Å². The standard InChI is InChI=1S/C6H7NS2/c7-4-1-5(8)3-6(9)2-4/h1-3,8-9H,7H2/p+1. The Kier molecular flexibility index (Phi) is 2.05. The Morgan fingerprint density at radius 3 is 1.78 bits per heavy atom. The number of rotatable bonds is 0. The van der Waals surface area contributed by atoms with E-state index in [4.69, 9.17) is 0 Å². The van der Waals surface area contributed by atoms with Crippen LogP contribution in [0, 0.1) is 0 Å². The zero-order valence-electron chi connectivity index (χ0n) is 4.83. The molecule has 0 saturated carbocycles. The lowest BCUT2D eigenvalue weighted by atomic mass is 10.3. The molecular weight excluding hydrogens is 150 g/mol. The molecule has 0 aliphatic heterocycles. The molecule has 48 valence electrons. The van der Waals surface area contributed by atoms with Gasteiger partial charge in [0.2, 0.25) is 0 Å². The number of hydrogen-bond donors (Lipinski definition) is 3. The summed E-state index contributed by atoms with van der Waals surface area (Å²) in [5, 5.41) is 0. The molecular formula is C6H8NS2+. The number of benzene rings is 1. The van der Waals surface area contributed by atoms with Crippen molar-refractivity contribution in [2.24, 2.45) is 0 Å². The van der Waals surface area contributed by atoms with E-state index >= 15 is 0 Å². The minimum absolute atomic E-state index is 0.910. The van der Waals surface area contributed by atoms with Gasteiger partial charge in [-0.2, -0.15) is 0 Å². The Morgan fingerprint density at radius 1 is 1.00 bits per heavy atom. The fourth-order valence-electron chi connectivity index (χ4n) is 0.656. The molecule has 0 fully saturated rings. The van der Waals surface area contributed by atoms with Crippen molar-refractivity contribution in [1.29, 1.82) is 0 Å². The van der Waals surface area contributed by atoms with Gasteiger partial charge in [-0.05, 0) is 6.07 Å². The summed E-state index contributed by atoms with van der Waals surface area (Å²) in [7, 11) is 0. The summed E-state index contributed by atoms with van der Waals surface area (Å²) in [6.07, 6.45) is 0. The van der Waals surface area contributed by atoms with E-state index in [9.17, 15) is 0 Å². The van der Waals surface area contributed by atoms with Crippen LogP contribution in [-0.2, 0) is 0 Å². The first-order chi connectivity index (χ1) is 4.18. The first kappa shape index (κ1) is 6.99. The highest BCUT2D eigenvalue weighted by Gasteiger charge is 1.92. The SMILES string of the molecule is [NH3+]c1cc(S)cc(S)c1. The van der Waals surface area contributed by atoms with Crippen LogP contribution in [0.1, 0.15) is 0 Å². The molecule has 0 aliphatic rings. The Labute approximate surface area is 65.1 Å². The maximum Gasteiger partial charge on any atom is 0.130 e. The van der Waals surface area contributed by atoms with Gasteiger partial charge in [-0.1, -0.05) is 0 Å². The van der Waals surface area contributed by atoms with Gasteiger partial charge in [0.15, 0.2) is 0 Å². The normalized spacial score (nSPS) is 9.67. The molecule has 0 atom stereocenters. The predicted molar refractivity (Wildman–Crippen MR) is 43.5 cm³/mol. The maximum absolute atomic E-state index is 4.13. The Hall–Kier alpha value is -0.120. The minimum Gasteiger partial charge on any atom is -0.325 e. The van der Waals surface area contributed by atoms with E-state index in [2.05, 4.69) is 31.0 Å². The van der Waals surface area contributed by atoms with Crippen LogP contribution in [0.25, 0.3) is 0 Å². The van der Waals surface area contributed by atoms with Crippen LogP contribution in [0.4, 0.5) is 5.69 Å². The van der Waals surface area contributed by atoms with E-state index in [0.717, 1.165) is 15.5 Å². The third-order valence-corrected chi connectivity index (χ3v) is 1.48. The average Bonchev–Trinajstić information content (AvgIpc) is 1.59. The smallest absolute Gasteiger partial charge is 0.130 e. The molecule has 0 aliphatic carbocycles. The topological polar surface area (TPSA) is 27.6 Å². The largest absolute Gasteiger partial charge is 0.325 e. The van der Waals surface area contributed by atoms with Crippen molar-refractivity contribution in [3.8, 4) is 0 Å². The van der Waals surface area contributed by atoms with E-state index < -0.39 is 0 Å². The Bertz CT molecular complexity index is 172. The Morgan fingerprint density at radius 2 is 1.44 bits per heavy atom. The molecule has 1 rings (SSSR count).